The quantitative estimate of drug-likeness (QED) is 0.472. The third-order valence-electron chi connectivity index (χ3n) is 8.05. The lowest BCUT2D eigenvalue weighted by molar-refractivity contribution is -0.143. The molecule has 2 bridgehead atoms. The molecule has 9 nitrogen and oxygen atoms in total. The van der Waals surface area contributed by atoms with Gasteiger partial charge in [-0.2, -0.15) is 0 Å². The van der Waals surface area contributed by atoms with Gasteiger partial charge in [0.25, 0.3) is 0 Å². The number of hydrogen-bond donors (Lipinski definition) is 3. The van der Waals surface area contributed by atoms with E-state index in [9.17, 15) is 19.5 Å². The normalized spacial score (nSPS) is 29.3. The number of aliphatic hydroxyl groups is 1. The van der Waals surface area contributed by atoms with E-state index >= 15 is 0 Å². The molecule has 202 valence electrons. The number of fused-ring (bicyclic) bond motifs is 1. The average Bonchev–Trinajstić information content (AvgIpc) is 3.44. The number of halogens is 1. The zero-order chi connectivity index (χ0) is 27.2. The molecular formula is C28H32ClN3O6. The van der Waals surface area contributed by atoms with E-state index in [1.165, 1.54) is 4.90 Å². The first-order valence-corrected chi connectivity index (χ1v) is 13.2. The van der Waals surface area contributed by atoms with Gasteiger partial charge in [-0.1, -0.05) is 23.7 Å². The van der Waals surface area contributed by atoms with Crippen LogP contribution in [-0.4, -0.2) is 64.7 Å². The van der Waals surface area contributed by atoms with Gasteiger partial charge in [-0.15, -0.1) is 0 Å². The summed E-state index contributed by atoms with van der Waals surface area (Å²) in [7, 11) is 0. The number of ether oxygens (including phenoxy) is 2. The molecule has 5 atom stereocenters. The van der Waals surface area contributed by atoms with E-state index in [0.29, 0.717) is 41.6 Å². The van der Waals surface area contributed by atoms with E-state index < -0.39 is 35.0 Å². The minimum atomic E-state index is -1.19. The van der Waals surface area contributed by atoms with Crippen LogP contribution >= 0.6 is 11.6 Å². The Morgan fingerprint density at radius 3 is 2.55 bits per heavy atom. The van der Waals surface area contributed by atoms with Gasteiger partial charge >= 0.3 is 0 Å². The van der Waals surface area contributed by atoms with Crippen LogP contribution in [0.5, 0.6) is 5.75 Å². The van der Waals surface area contributed by atoms with Crippen molar-refractivity contribution in [1.29, 1.82) is 0 Å². The van der Waals surface area contributed by atoms with Crippen LogP contribution in [0, 0.1) is 18.8 Å². The van der Waals surface area contributed by atoms with Gasteiger partial charge < -0.3 is 30.1 Å². The Labute approximate surface area is 226 Å². The van der Waals surface area contributed by atoms with Crippen LogP contribution in [0.4, 0.5) is 11.4 Å². The molecule has 3 N–H and O–H groups in total. The summed E-state index contributed by atoms with van der Waals surface area (Å²) < 4.78 is 12.0. The summed E-state index contributed by atoms with van der Waals surface area (Å²) in [6.45, 7) is 5.70. The number of nitrogens with one attached hydrogen (secondary N) is 2. The number of benzene rings is 2. The second-order valence-corrected chi connectivity index (χ2v) is 10.8. The second-order valence-electron chi connectivity index (χ2n) is 10.4. The largest absolute Gasteiger partial charge is 0.494 e. The van der Waals surface area contributed by atoms with Crippen molar-refractivity contribution in [3.63, 3.8) is 0 Å². The summed E-state index contributed by atoms with van der Waals surface area (Å²) >= 11 is 6.36. The Kier molecular flexibility index (Phi) is 6.87. The summed E-state index contributed by atoms with van der Waals surface area (Å²) in [6.07, 6.45) is 0.953. The van der Waals surface area contributed by atoms with E-state index in [1.54, 1.807) is 36.4 Å². The first-order valence-electron chi connectivity index (χ1n) is 12.9. The average molecular weight is 542 g/mol. The van der Waals surface area contributed by atoms with Crippen LogP contribution in [0.3, 0.4) is 0 Å². The molecule has 0 saturated carbocycles. The van der Waals surface area contributed by atoms with E-state index in [1.807, 2.05) is 26.8 Å². The standard InChI is InChI=1S/C28H32ClN3O6/c1-4-37-18-10-8-17(9-11-18)30-24(34)20-21-26(36)32(14-15-33)23(28(21)13-12-27(20,3)38-28)25(35)31-22-16(2)6-5-7-19(22)29/h5-11,20-21,23,33H,4,12-15H2,1-3H3,(H,30,34)(H,31,35)/t20-,21+,23?,27+,28?/m1/s1. The molecule has 1 spiro atoms. The molecular weight excluding hydrogens is 510 g/mol. The Balaban J connectivity index is 1.46. The van der Waals surface area contributed by atoms with Crippen molar-refractivity contribution in [3.8, 4) is 5.75 Å². The lowest BCUT2D eigenvalue weighted by Gasteiger charge is -2.33. The van der Waals surface area contributed by atoms with Crippen molar-refractivity contribution in [3.05, 3.63) is 53.1 Å². The molecule has 3 aliphatic heterocycles. The predicted octanol–water partition coefficient (Wildman–Crippen LogP) is 3.38. The Morgan fingerprint density at radius 1 is 1.16 bits per heavy atom. The molecule has 3 amide bonds. The number of aryl methyl sites for hydroxylation is 1. The highest BCUT2D eigenvalue weighted by molar-refractivity contribution is 6.34. The van der Waals surface area contributed by atoms with Crippen molar-refractivity contribution < 1.29 is 29.0 Å². The van der Waals surface area contributed by atoms with Gasteiger partial charge in [0.05, 0.1) is 41.4 Å². The summed E-state index contributed by atoms with van der Waals surface area (Å²) in [6, 6.07) is 11.3. The smallest absolute Gasteiger partial charge is 0.250 e. The minimum absolute atomic E-state index is 0.0516. The molecule has 3 saturated heterocycles. The Bertz CT molecular complexity index is 1250. The molecule has 3 heterocycles. The molecule has 0 radical (unpaired) electrons. The van der Waals surface area contributed by atoms with E-state index in [4.69, 9.17) is 21.1 Å². The number of amides is 3. The van der Waals surface area contributed by atoms with Crippen molar-refractivity contribution in [2.24, 2.45) is 11.8 Å². The van der Waals surface area contributed by atoms with Crippen LogP contribution in [0.25, 0.3) is 0 Å². The fourth-order valence-electron chi connectivity index (χ4n) is 6.48. The number of rotatable bonds is 8. The molecule has 0 aliphatic carbocycles. The molecule has 2 unspecified atom stereocenters. The second kappa shape index (κ2) is 9.87. The highest BCUT2D eigenvalue weighted by Crippen LogP contribution is 2.63. The van der Waals surface area contributed by atoms with Crippen molar-refractivity contribution in [1.82, 2.24) is 4.90 Å². The number of anilines is 2. The number of hydrogen-bond acceptors (Lipinski definition) is 6. The number of carbonyl (C=O) groups is 3. The van der Waals surface area contributed by atoms with Gasteiger partial charge in [-0.3, -0.25) is 14.4 Å². The van der Waals surface area contributed by atoms with Gasteiger partial charge in [0, 0.05) is 12.2 Å². The van der Waals surface area contributed by atoms with E-state index in [2.05, 4.69) is 10.6 Å². The molecule has 2 aromatic rings. The summed E-state index contributed by atoms with van der Waals surface area (Å²) in [4.78, 5) is 42.6. The highest BCUT2D eigenvalue weighted by atomic mass is 35.5. The molecule has 0 aromatic heterocycles. The van der Waals surface area contributed by atoms with E-state index in [0.717, 1.165) is 5.56 Å². The van der Waals surface area contributed by atoms with E-state index in [-0.39, 0.29) is 25.0 Å². The summed E-state index contributed by atoms with van der Waals surface area (Å²) in [5.74, 6) is -2.15. The van der Waals surface area contributed by atoms with Crippen molar-refractivity contribution in [2.45, 2.75) is 50.9 Å². The SMILES string of the molecule is CCOc1ccc(NC(=O)[C@H]2[C@H]3C(=O)N(CCO)C(C(=O)Nc4c(C)cccc4Cl)C34CC[C@]2(C)O4)cc1. The van der Waals surface area contributed by atoms with Crippen LogP contribution in [0.15, 0.2) is 42.5 Å². The Hall–Kier alpha value is -3.14. The first-order chi connectivity index (χ1) is 18.1. The van der Waals surface area contributed by atoms with Crippen LogP contribution < -0.4 is 15.4 Å². The van der Waals surface area contributed by atoms with Gasteiger partial charge in [0.1, 0.15) is 17.4 Å². The maximum absolute atomic E-state index is 13.8. The predicted molar refractivity (Wildman–Crippen MR) is 142 cm³/mol. The molecule has 5 rings (SSSR count). The number of aliphatic hydroxyl groups excluding tert-OH is 1. The first kappa shape index (κ1) is 26.5. The number of carbonyl (C=O) groups excluding carboxylic acids is 3. The van der Waals surface area contributed by atoms with Gasteiger partial charge in [0.15, 0.2) is 0 Å². The molecule has 3 aliphatic rings. The fourth-order valence-corrected chi connectivity index (χ4v) is 6.75. The summed E-state index contributed by atoms with van der Waals surface area (Å²) in [5.41, 5.74) is -0.311. The van der Waals surface area contributed by atoms with Crippen LogP contribution in [0.2, 0.25) is 5.02 Å². The van der Waals surface area contributed by atoms with Gasteiger partial charge in [-0.05, 0) is 69.5 Å². The van der Waals surface area contributed by atoms with Crippen molar-refractivity contribution in [2.75, 3.05) is 30.4 Å². The zero-order valence-corrected chi connectivity index (χ0v) is 22.4. The van der Waals surface area contributed by atoms with Gasteiger partial charge in [0.2, 0.25) is 17.7 Å². The summed E-state index contributed by atoms with van der Waals surface area (Å²) in [5, 5.41) is 16.0. The molecule has 3 fully saturated rings. The van der Waals surface area contributed by atoms with Crippen LogP contribution in [-0.2, 0) is 19.1 Å². The fraction of sp³-hybridized carbons (Fsp3) is 0.464. The number of nitrogens with zero attached hydrogens (tertiary/aromatic N) is 1. The van der Waals surface area contributed by atoms with Crippen molar-refractivity contribution >= 4 is 40.7 Å². The highest BCUT2D eigenvalue weighted by Gasteiger charge is 2.77. The Morgan fingerprint density at radius 2 is 1.89 bits per heavy atom. The van der Waals surface area contributed by atoms with Crippen LogP contribution in [0.1, 0.15) is 32.3 Å². The third kappa shape index (κ3) is 4.13. The third-order valence-corrected chi connectivity index (χ3v) is 8.37. The monoisotopic (exact) mass is 541 g/mol. The number of likely N-dealkylation sites (tertiary alicyclic amines) is 1. The lowest BCUT2D eigenvalue weighted by atomic mass is 9.66. The molecule has 2 aromatic carbocycles. The lowest BCUT2D eigenvalue weighted by Crippen LogP contribution is -2.53. The topological polar surface area (TPSA) is 117 Å². The number of para-hydroxylation sites is 1. The zero-order valence-electron chi connectivity index (χ0n) is 21.6. The molecule has 10 heteroatoms. The minimum Gasteiger partial charge on any atom is -0.494 e. The number of β-amino-alcohol motifs (C(OH)–C–C–N with tert-alkyl or cyclic N) is 1. The van der Waals surface area contributed by atoms with Gasteiger partial charge in [-0.25, -0.2) is 0 Å². The maximum Gasteiger partial charge on any atom is 0.250 e. The maximum atomic E-state index is 13.8. The molecule has 38 heavy (non-hydrogen) atoms.